The van der Waals surface area contributed by atoms with Crippen LogP contribution in [0.5, 0.6) is 0 Å². The summed E-state index contributed by atoms with van der Waals surface area (Å²) in [5.74, 6) is 3.03. The summed E-state index contributed by atoms with van der Waals surface area (Å²) in [5, 5.41) is 3.79. The predicted octanol–water partition coefficient (Wildman–Crippen LogP) is 5.15. The van der Waals surface area contributed by atoms with Crippen molar-refractivity contribution in [2.24, 2.45) is 17.8 Å². The first-order valence-corrected chi connectivity index (χ1v) is 9.06. The quantitative estimate of drug-likeness (QED) is 0.608. The highest BCUT2D eigenvalue weighted by Gasteiger charge is 2.29. The maximum absolute atomic E-state index is 3.79. The van der Waals surface area contributed by atoms with Crippen LogP contribution in [0.2, 0.25) is 0 Å². The van der Waals surface area contributed by atoms with E-state index >= 15 is 0 Å². The molecule has 2 fully saturated rings. The van der Waals surface area contributed by atoms with Crippen LogP contribution in [0, 0.1) is 17.8 Å². The minimum atomic E-state index is 0.893. The fraction of sp³-hybridized carbons (Fsp3) is 1.00. The lowest BCUT2D eigenvalue weighted by Gasteiger charge is -2.34. The predicted molar refractivity (Wildman–Crippen MR) is 84.4 cm³/mol. The van der Waals surface area contributed by atoms with E-state index in [-0.39, 0.29) is 0 Å². The van der Waals surface area contributed by atoms with Crippen LogP contribution in [0.1, 0.15) is 84.5 Å². The molecule has 0 aromatic rings. The van der Waals surface area contributed by atoms with Gasteiger partial charge in [-0.2, -0.15) is 0 Å². The molecule has 3 atom stereocenters. The Morgan fingerprint density at radius 1 is 1.00 bits per heavy atom. The van der Waals surface area contributed by atoms with Crippen molar-refractivity contribution in [3.05, 3.63) is 0 Å². The first-order chi connectivity index (χ1) is 9.33. The van der Waals surface area contributed by atoms with Gasteiger partial charge in [-0.3, -0.25) is 0 Å². The Kier molecular flexibility index (Phi) is 6.70. The van der Waals surface area contributed by atoms with Gasteiger partial charge in [0.15, 0.2) is 0 Å². The van der Waals surface area contributed by atoms with E-state index in [0.29, 0.717) is 0 Å². The lowest BCUT2D eigenvalue weighted by Crippen LogP contribution is -2.32. The third kappa shape index (κ3) is 5.45. The number of hydrogen-bond acceptors (Lipinski definition) is 1. The lowest BCUT2D eigenvalue weighted by molar-refractivity contribution is 0.184. The summed E-state index contributed by atoms with van der Waals surface area (Å²) in [7, 11) is 0. The molecular formula is C18H35N. The zero-order chi connectivity index (χ0) is 13.5. The highest BCUT2D eigenvalue weighted by atomic mass is 14.9. The van der Waals surface area contributed by atoms with Crippen LogP contribution in [0.15, 0.2) is 0 Å². The van der Waals surface area contributed by atoms with E-state index in [1.165, 1.54) is 77.2 Å². The van der Waals surface area contributed by atoms with Gasteiger partial charge in [-0.05, 0) is 50.0 Å². The monoisotopic (exact) mass is 265 g/mol. The molecular weight excluding hydrogens is 230 g/mol. The topological polar surface area (TPSA) is 12.0 Å². The molecule has 0 radical (unpaired) electrons. The molecule has 0 aromatic heterocycles. The molecule has 2 saturated carbocycles. The van der Waals surface area contributed by atoms with E-state index in [9.17, 15) is 0 Å². The summed E-state index contributed by atoms with van der Waals surface area (Å²) in [6, 6.07) is 0.893. The van der Waals surface area contributed by atoms with Crippen molar-refractivity contribution < 1.29 is 0 Å². The second-order valence-corrected chi connectivity index (χ2v) is 7.14. The third-order valence-corrected chi connectivity index (χ3v) is 5.49. The van der Waals surface area contributed by atoms with E-state index in [0.717, 1.165) is 23.8 Å². The zero-order valence-corrected chi connectivity index (χ0v) is 13.3. The first-order valence-electron chi connectivity index (χ1n) is 9.06. The molecule has 2 aliphatic rings. The van der Waals surface area contributed by atoms with Crippen molar-refractivity contribution in [1.29, 1.82) is 0 Å². The number of hydrogen-bond donors (Lipinski definition) is 1. The van der Waals surface area contributed by atoms with Crippen LogP contribution in [0.4, 0.5) is 0 Å². The van der Waals surface area contributed by atoms with Gasteiger partial charge in [-0.1, -0.05) is 58.8 Å². The van der Waals surface area contributed by atoms with Crippen molar-refractivity contribution >= 4 is 0 Å². The molecule has 1 N–H and O–H groups in total. The van der Waals surface area contributed by atoms with E-state index in [4.69, 9.17) is 0 Å². The van der Waals surface area contributed by atoms with E-state index in [2.05, 4.69) is 19.2 Å². The van der Waals surface area contributed by atoms with Gasteiger partial charge in [0.05, 0.1) is 0 Å². The third-order valence-electron chi connectivity index (χ3n) is 5.49. The lowest BCUT2D eigenvalue weighted by atomic mass is 9.73. The number of nitrogens with one attached hydrogen (secondary N) is 1. The van der Waals surface area contributed by atoms with Gasteiger partial charge < -0.3 is 5.32 Å². The smallest absolute Gasteiger partial charge is 0.00683 e. The minimum absolute atomic E-state index is 0.893. The van der Waals surface area contributed by atoms with Crippen LogP contribution in [0.3, 0.4) is 0 Å². The van der Waals surface area contributed by atoms with E-state index < -0.39 is 0 Å². The van der Waals surface area contributed by atoms with E-state index in [1.54, 1.807) is 0 Å². The molecule has 0 aliphatic heterocycles. The molecule has 3 unspecified atom stereocenters. The van der Waals surface area contributed by atoms with Crippen molar-refractivity contribution in [2.75, 3.05) is 6.54 Å². The summed E-state index contributed by atoms with van der Waals surface area (Å²) in [6.07, 6.45) is 16.1. The molecule has 1 nitrogen and oxygen atoms in total. The second-order valence-electron chi connectivity index (χ2n) is 7.14. The van der Waals surface area contributed by atoms with Crippen molar-refractivity contribution in [2.45, 2.75) is 90.5 Å². The Balaban J connectivity index is 1.75. The molecule has 0 bridgehead atoms. The van der Waals surface area contributed by atoms with Crippen LogP contribution < -0.4 is 5.32 Å². The first kappa shape index (κ1) is 15.4. The number of rotatable bonds is 9. The molecule has 112 valence electrons. The fourth-order valence-corrected chi connectivity index (χ4v) is 3.88. The summed E-state index contributed by atoms with van der Waals surface area (Å²) < 4.78 is 0. The summed E-state index contributed by atoms with van der Waals surface area (Å²) >= 11 is 0. The van der Waals surface area contributed by atoms with Gasteiger partial charge >= 0.3 is 0 Å². The van der Waals surface area contributed by atoms with Gasteiger partial charge in [0, 0.05) is 6.04 Å². The average Bonchev–Trinajstić information content (AvgIpc) is 3.26. The molecule has 2 aliphatic carbocycles. The molecule has 0 spiro atoms. The Labute approximate surface area is 120 Å². The largest absolute Gasteiger partial charge is 0.314 e. The van der Waals surface area contributed by atoms with Gasteiger partial charge in [0.1, 0.15) is 0 Å². The summed E-state index contributed by atoms with van der Waals surface area (Å²) in [6.45, 7) is 6.05. The van der Waals surface area contributed by atoms with Crippen LogP contribution in [-0.4, -0.2) is 12.6 Å². The van der Waals surface area contributed by atoms with E-state index in [1.807, 2.05) is 0 Å². The SMILES string of the molecule is CCCCC(CC)CC1CCCCC1CNC1CC1. The highest BCUT2D eigenvalue weighted by Crippen LogP contribution is 2.36. The fourth-order valence-electron chi connectivity index (χ4n) is 3.88. The molecule has 19 heavy (non-hydrogen) atoms. The maximum Gasteiger partial charge on any atom is 0.00683 e. The zero-order valence-electron chi connectivity index (χ0n) is 13.3. The second kappa shape index (κ2) is 8.29. The van der Waals surface area contributed by atoms with Crippen molar-refractivity contribution in [3.8, 4) is 0 Å². The summed E-state index contributed by atoms with van der Waals surface area (Å²) in [4.78, 5) is 0. The Morgan fingerprint density at radius 3 is 2.37 bits per heavy atom. The van der Waals surface area contributed by atoms with Crippen molar-refractivity contribution in [3.63, 3.8) is 0 Å². The molecule has 0 amide bonds. The van der Waals surface area contributed by atoms with Crippen molar-refractivity contribution in [1.82, 2.24) is 5.32 Å². The summed E-state index contributed by atoms with van der Waals surface area (Å²) in [5.41, 5.74) is 0. The Hall–Kier alpha value is -0.0400. The van der Waals surface area contributed by atoms with Crippen LogP contribution in [0.25, 0.3) is 0 Å². The molecule has 1 heteroatoms. The van der Waals surface area contributed by atoms with Crippen LogP contribution >= 0.6 is 0 Å². The highest BCUT2D eigenvalue weighted by molar-refractivity contribution is 4.85. The minimum Gasteiger partial charge on any atom is -0.314 e. The number of unbranched alkanes of at least 4 members (excludes halogenated alkanes) is 1. The van der Waals surface area contributed by atoms with Gasteiger partial charge in [0.25, 0.3) is 0 Å². The van der Waals surface area contributed by atoms with Gasteiger partial charge in [0.2, 0.25) is 0 Å². The molecule has 2 rings (SSSR count). The molecule has 0 aromatic carbocycles. The average molecular weight is 265 g/mol. The molecule has 0 heterocycles. The molecule has 0 saturated heterocycles. The van der Waals surface area contributed by atoms with Gasteiger partial charge in [-0.15, -0.1) is 0 Å². The van der Waals surface area contributed by atoms with Gasteiger partial charge in [-0.25, -0.2) is 0 Å². The Morgan fingerprint density at radius 2 is 1.74 bits per heavy atom. The maximum atomic E-state index is 3.79. The standard InChI is InChI=1S/C18H35N/c1-3-5-8-15(4-2)13-16-9-6-7-10-17(16)14-19-18-11-12-18/h15-19H,3-14H2,1-2H3. The normalized spacial score (nSPS) is 29.4. The Bertz CT molecular complexity index is 234. The van der Waals surface area contributed by atoms with Crippen LogP contribution in [-0.2, 0) is 0 Å².